The molecule has 0 aliphatic carbocycles. The summed E-state index contributed by atoms with van der Waals surface area (Å²) in [6.07, 6.45) is 0. The van der Waals surface area contributed by atoms with E-state index in [0.29, 0.717) is 0 Å². The first-order valence-electron chi connectivity index (χ1n) is 5.76. The maximum absolute atomic E-state index is 13.6. The minimum Gasteiger partial charge on any atom is -0.478 e. The molecule has 21 heavy (non-hydrogen) atoms. The molecule has 0 radical (unpaired) electrons. The van der Waals surface area contributed by atoms with Crippen LogP contribution in [0.25, 0.3) is 0 Å². The molecule has 2 rings (SSSR count). The van der Waals surface area contributed by atoms with Crippen LogP contribution in [0.2, 0.25) is 0 Å². The van der Waals surface area contributed by atoms with Crippen LogP contribution in [0.5, 0.6) is 0 Å². The summed E-state index contributed by atoms with van der Waals surface area (Å²) in [7, 11) is 1.28. The zero-order chi connectivity index (χ0) is 15.7. The Hall–Kier alpha value is -2.35. The number of anilines is 1. The average molecular weight is 312 g/mol. The highest BCUT2D eigenvalue weighted by molar-refractivity contribution is 7.11. The van der Waals surface area contributed by atoms with Crippen LogP contribution in [-0.2, 0) is 0 Å². The normalized spacial score (nSPS) is 10.5. The summed E-state index contributed by atoms with van der Waals surface area (Å²) in [6.45, 7) is 1.49. The van der Waals surface area contributed by atoms with E-state index >= 15 is 0 Å². The SMILES string of the molecule is Cc1nsc(N(C)C(=O)c2cccc(F)c2F)c1C(=O)O. The molecule has 1 N–H and O–H groups in total. The molecule has 1 amide bonds. The van der Waals surface area contributed by atoms with E-state index in [4.69, 9.17) is 5.11 Å². The van der Waals surface area contributed by atoms with Crippen LogP contribution in [-0.4, -0.2) is 28.4 Å². The Labute approximate surface area is 122 Å². The first-order chi connectivity index (χ1) is 9.84. The van der Waals surface area contributed by atoms with Gasteiger partial charge in [-0.3, -0.25) is 4.79 Å². The molecular formula is C13H10F2N2O3S. The van der Waals surface area contributed by atoms with Crippen LogP contribution in [0.15, 0.2) is 18.2 Å². The third kappa shape index (κ3) is 2.62. The number of hydrogen-bond donors (Lipinski definition) is 1. The summed E-state index contributed by atoms with van der Waals surface area (Å²) < 4.78 is 30.7. The summed E-state index contributed by atoms with van der Waals surface area (Å²) in [5.41, 5.74) is -0.352. The van der Waals surface area contributed by atoms with Gasteiger partial charge in [-0.15, -0.1) is 0 Å². The first-order valence-corrected chi connectivity index (χ1v) is 6.53. The summed E-state index contributed by atoms with van der Waals surface area (Å²) >= 11 is 0.804. The number of carbonyl (C=O) groups is 2. The molecule has 1 aromatic carbocycles. The van der Waals surface area contributed by atoms with E-state index in [1.807, 2.05) is 0 Å². The lowest BCUT2D eigenvalue weighted by atomic mass is 10.1. The van der Waals surface area contributed by atoms with Crippen LogP contribution in [0.1, 0.15) is 26.4 Å². The third-order valence-electron chi connectivity index (χ3n) is 2.85. The van der Waals surface area contributed by atoms with Crippen LogP contribution in [0, 0.1) is 18.6 Å². The molecule has 0 fully saturated rings. The molecule has 0 atom stereocenters. The van der Waals surface area contributed by atoms with Crippen LogP contribution < -0.4 is 4.90 Å². The Bertz CT molecular complexity index is 730. The van der Waals surface area contributed by atoms with Crippen molar-refractivity contribution in [3.8, 4) is 0 Å². The van der Waals surface area contributed by atoms with Gasteiger partial charge in [-0.05, 0) is 30.6 Å². The molecule has 5 nitrogen and oxygen atoms in total. The molecule has 8 heteroatoms. The smallest absolute Gasteiger partial charge is 0.340 e. The largest absolute Gasteiger partial charge is 0.478 e. The lowest BCUT2D eigenvalue weighted by Gasteiger charge is -2.16. The van der Waals surface area contributed by atoms with Gasteiger partial charge in [0.05, 0.1) is 11.3 Å². The van der Waals surface area contributed by atoms with Crippen molar-refractivity contribution in [2.45, 2.75) is 6.92 Å². The second-order valence-electron chi connectivity index (χ2n) is 4.22. The monoisotopic (exact) mass is 312 g/mol. The molecule has 110 valence electrons. The molecule has 1 aromatic heterocycles. The summed E-state index contributed by atoms with van der Waals surface area (Å²) in [4.78, 5) is 24.3. The van der Waals surface area contributed by atoms with Gasteiger partial charge in [0.2, 0.25) is 0 Å². The predicted molar refractivity (Wildman–Crippen MR) is 72.9 cm³/mol. The number of aromatic nitrogens is 1. The Morgan fingerprint density at radius 2 is 2.00 bits per heavy atom. The van der Waals surface area contributed by atoms with E-state index in [1.54, 1.807) is 0 Å². The van der Waals surface area contributed by atoms with Crippen molar-refractivity contribution in [3.63, 3.8) is 0 Å². The zero-order valence-corrected chi connectivity index (χ0v) is 11.9. The number of rotatable bonds is 3. The van der Waals surface area contributed by atoms with E-state index < -0.39 is 29.1 Å². The summed E-state index contributed by atoms with van der Waals surface area (Å²) in [5.74, 6) is -4.51. The van der Waals surface area contributed by atoms with Crippen molar-refractivity contribution in [3.05, 3.63) is 46.7 Å². The fourth-order valence-electron chi connectivity index (χ4n) is 1.77. The summed E-state index contributed by atoms with van der Waals surface area (Å²) in [5, 5.41) is 9.19. The molecule has 1 heterocycles. The van der Waals surface area contributed by atoms with Gasteiger partial charge in [-0.2, -0.15) is 4.37 Å². The Morgan fingerprint density at radius 3 is 2.62 bits per heavy atom. The number of carboxylic acid groups (broad SMARTS) is 1. The second-order valence-corrected chi connectivity index (χ2v) is 4.97. The summed E-state index contributed by atoms with van der Waals surface area (Å²) in [6, 6.07) is 3.23. The maximum Gasteiger partial charge on any atom is 0.340 e. The fraction of sp³-hybridized carbons (Fsp3) is 0.154. The number of aryl methyl sites for hydroxylation is 1. The minimum absolute atomic E-state index is 0.0636. The third-order valence-corrected chi connectivity index (χ3v) is 3.87. The zero-order valence-electron chi connectivity index (χ0n) is 11.1. The number of nitrogens with zero attached hydrogens (tertiary/aromatic N) is 2. The van der Waals surface area contributed by atoms with Crippen molar-refractivity contribution >= 4 is 28.4 Å². The van der Waals surface area contributed by atoms with E-state index in [-0.39, 0.29) is 16.3 Å². The van der Waals surface area contributed by atoms with Crippen LogP contribution in [0.3, 0.4) is 0 Å². The van der Waals surface area contributed by atoms with Crippen molar-refractivity contribution in [1.29, 1.82) is 0 Å². The van der Waals surface area contributed by atoms with E-state index in [0.717, 1.165) is 28.6 Å². The van der Waals surface area contributed by atoms with Crippen molar-refractivity contribution in [2.75, 3.05) is 11.9 Å². The number of hydrogen-bond acceptors (Lipinski definition) is 4. The highest BCUT2D eigenvalue weighted by Crippen LogP contribution is 2.29. The Morgan fingerprint density at radius 1 is 1.33 bits per heavy atom. The fourth-order valence-corrected chi connectivity index (χ4v) is 2.62. The van der Waals surface area contributed by atoms with Gasteiger partial charge < -0.3 is 10.0 Å². The quantitative estimate of drug-likeness (QED) is 0.946. The van der Waals surface area contributed by atoms with E-state index in [9.17, 15) is 18.4 Å². The number of carbonyl (C=O) groups excluding carboxylic acids is 1. The first kappa shape index (κ1) is 15.0. The van der Waals surface area contributed by atoms with Gasteiger partial charge >= 0.3 is 5.97 Å². The number of carboxylic acids is 1. The van der Waals surface area contributed by atoms with E-state index in [2.05, 4.69) is 4.37 Å². The topological polar surface area (TPSA) is 70.5 Å². The number of aromatic carboxylic acids is 1. The van der Waals surface area contributed by atoms with E-state index in [1.165, 1.54) is 20.0 Å². The standard InChI is InChI=1S/C13H10F2N2O3S/c1-6-9(13(19)20)12(21-16-6)17(2)11(18)7-4-3-5-8(14)10(7)15/h3-5H,1-2H3,(H,19,20). The lowest BCUT2D eigenvalue weighted by molar-refractivity contribution is 0.0697. The molecule has 0 saturated carbocycles. The predicted octanol–water partition coefficient (Wildman–Crippen LogP) is 2.70. The van der Waals surface area contributed by atoms with Crippen LogP contribution >= 0.6 is 11.5 Å². The highest BCUT2D eigenvalue weighted by Gasteiger charge is 2.26. The Kier molecular flexibility index (Phi) is 3.99. The highest BCUT2D eigenvalue weighted by atomic mass is 32.1. The average Bonchev–Trinajstić information content (AvgIpc) is 2.82. The van der Waals surface area contributed by atoms with Gasteiger partial charge in [0.1, 0.15) is 10.6 Å². The van der Waals surface area contributed by atoms with Crippen molar-refractivity contribution in [1.82, 2.24) is 4.37 Å². The maximum atomic E-state index is 13.6. The molecule has 0 bridgehead atoms. The van der Waals surface area contributed by atoms with Crippen molar-refractivity contribution < 1.29 is 23.5 Å². The molecule has 0 aliphatic rings. The van der Waals surface area contributed by atoms with Crippen molar-refractivity contribution in [2.24, 2.45) is 0 Å². The molecule has 0 aliphatic heterocycles. The number of amides is 1. The molecule has 2 aromatic rings. The minimum atomic E-state index is -1.27. The van der Waals surface area contributed by atoms with Crippen LogP contribution in [0.4, 0.5) is 13.8 Å². The number of halogens is 2. The van der Waals surface area contributed by atoms with Gasteiger partial charge in [0.15, 0.2) is 11.6 Å². The molecular weight excluding hydrogens is 302 g/mol. The van der Waals surface area contributed by atoms with Gasteiger partial charge in [-0.25, -0.2) is 13.6 Å². The molecule has 0 spiro atoms. The lowest BCUT2D eigenvalue weighted by Crippen LogP contribution is -2.28. The Balaban J connectivity index is 2.45. The number of benzene rings is 1. The van der Waals surface area contributed by atoms with Gasteiger partial charge in [0.25, 0.3) is 5.91 Å². The van der Waals surface area contributed by atoms with Gasteiger partial charge in [-0.1, -0.05) is 6.07 Å². The molecule has 0 unspecified atom stereocenters. The second kappa shape index (κ2) is 5.57. The molecule has 0 saturated heterocycles. The van der Waals surface area contributed by atoms with Gasteiger partial charge in [0, 0.05) is 7.05 Å².